The van der Waals surface area contributed by atoms with Crippen LogP contribution in [0.3, 0.4) is 0 Å². The fourth-order valence-electron chi connectivity index (χ4n) is 3.12. The number of hydrogen-bond donors (Lipinski definition) is 2. The van der Waals surface area contributed by atoms with Gasteiger partial charge >= 0.3 is 0 Å². The Morgan fingerprint density at radius 1 is 1.35 bits per heavy atom. The molecular weight excluding hydrogens is 234 g/mol. The molecule has 1 fully saturated rings. The van der Waals surface area contributed by atoms with Gasteiger partial charge in [0.2, 0.25) is 0 Å². The molecule has 0 unspecified atom stereocenters. The van der Waals surface area contributed by atoms with Gasteiger partial charge in [0.15, 0.2) is 0 Å². The maximum atomic E-state index is 10.3. The lowest BCUT2D eigenvalue weighted by molar-refractivity contribution is 0.403. The van der Waals surface area contributed by atoms with E-state index in [4.69, 9.17) is 17.3 Å². The first-order valence-electron chi connectivity index (χ1n) is 6.21. The molecule has 3 N–H and O–H groups in total. The molecule has 1 aromatic rings. The van der Waals surface area contributed by atoms with Crippen LogP contribution in [0.15, 0.2) is 6.07 Å². The normalized spacial score (nSPS) is 18.6. The van der Waals surface area contributed by atoms with Crippen molar-refractivity contribution in [2.24, 2.45) is 5.73 Å². The van der Waals surface area contributed by atoms with Gasteiger partial charge in [-0.3, -0.25) is 0 Å². The number of aryl methyl sites for hydroxylation is 1. The van der Waals surface area contributed by atoms with E-state index < -0.39 is 0 Å². The molecule has 17 heavy (non-hydrogen) atoms. The summed E-state index contributed by atoms with van der Waals surface area (Å²) in [4.78, 5) is 0. The summed E-state index contributed by atoms with van der Waals surface area (Å²) in [6.45, 7) is 4.67. The summed E-state index contributed by atoms with van der Waals surface area (Å²) < 4.78 is 0. The quantitative estimate of drug-likeness (QED) is 0.848. The monoisotopic (exact) mass is 253 g/mol. The standard InChI is InChI=1S/C14H20ClNO/c1-9-7-11(15)13(17)12(10(9)2)14(8-16)5-3-4-6-14/h7,17H,3-6,8,16H2,1-2H3. The van der Waals surface area contributed by atoms with Crippen molar-refractivity contribution in [3.63, 3.8) is 0 Å². The number of aromatic hydroxyl groups is 1. The van der Waals surface area contributed by atoms with Crippen molar-refractivity contribution in [1.82, 2.24) is 0 Å². The average molecular weight is 254 g/mol. The average Bonchev–Trinajstić information content (AvgIpc) is 2.77. The Bertz CT molecular complexity index is 410. The molecule has 1 aliphatic carbocycles. The van der Waals surface area contributed by atoms with E-state index in [2.05, 4.69) is 6.92 Å². The van der Waals surface area contributed by atoms with Gasteiger partial charge in [0.1, 0.15) is 5.75 Å². The van der Waals surface area contributed by atoms with Crippen LogP contribution < -0.4 is 5.73 Å². The molecule has 0 bridgehead atoms. The second-order valence-corrected chi connectivity index (χ2v) is 5.62. The molecule has 0 spiro atoms. The summed E-state index contributed by atoms with van der Waals surface area (Å²) in [7, 11) is 0. The predicted molar refractivity (Wildman–Crippen MR) is 71.8 cm³/mol. The summed E-state index contributed by atoms with van der Waals surface area (Å²) in [5.74, 6) is 0.238. The fourth-order valence-corrected chi connectivity index (χ4v) is 3.38. The molecule has 3 heteroatoms. The number of phenols is 1. The van der Waals surface area contributed by atoms with Crippen LogP contribution in [0.2, 0.25) is 5.02 Å². The lowest BCUT2D eigenvalue weighted by atomic mass is 9.75. The third-order valence-electron chi connectivity index (χ3n) is 4.25. The molecule has 1 aliphatic rings. The van der Waals surface area contributed by atoms with Gasteiger partial charge in [-0.1, -0.05) is 24.4 Å². The van der Waals surface area contributed by atoms with Crippen molar-refractivity contribution in [1.29, 1.82) is 0 Å². The van der Waals surface area contributed by atoms with E-state index in [0.29, 0.717) is 11.6 Å². The zero-order chi connectivity index (χ0) is 12.6. The molecule has 2 nitrogen and oxygen atoms in total. The topological polar surface area (TPSA) is 46.2 Å². The molecule has 0 atom stereocenters. The number of rotatable bonds is 2. The van der Waals surface area contributed by atoms with Crippen LogP contribution >= 0.6 is 11.6 Å². The minimum Gasteiger partial charge on any atom is -0.506 e. The first-order chi connectivity index (χ1) is 8.02. The lowest BCUT2D eigenvalue weighted by Gasteiger charge is -2.31. The van der Waals surface area contributed by atoms with E-state index >= 15 is 0 Å². The molecule has 0 saturated heterocycles. The summed E-state index contributed by atoms with van der Waals surface area (Å²) in [5.41, 5.74) is 9.17. The Kier molecular flexibility index (Phi) is 3.37. The van der Waals surface area contributed by atoms with Gasteiger partial charge in [-0.25, -0.2) is 0 Å². The van der Waals surface area contributed by atoms with E-state index in [1.54, 1.807) is 0 Å². The van der Waals surface area contributed by atoms with Gasteiger partial charge in [0.05, 0.1) is 5.02 Å². The molecule has 1 aromatic carbocycles. The van der Waals surface area contributed by atoms with E-state index in [0.717, 1.165) is 29.5 Å². The van der Waals surface area contributed by atoms with Gasteiger partial charge in [-0.05, 0) is 43.9 Å². The SMILES string of the molecule is Cc1cc(Cl)c(O)c(C2(CN)CCCC2)c1C. The Morgan fingerprint density at radius 2 is 1.94 bits per heavy atom. The van der Waals surface area contributed by atoms with Crippen LogP contribution in [0.4, 0.5) is 0 Å². The molecule has 0 radical (unpaired) electrons. The number of halogens is 1. The van der Waals surface area contributed by atoms with Crippen LogP contribution in [-0.4, -0.2) is 11.7 Å². The first kappa shape index (κ1) is 12.7. The first-order valence-corrected chi connectivity index (χ1v) is 6.59. The molecule has 0 heterocycles. The molecular formula is C14H20ClNO. The molecule has 0 aliphatic heterocycles. The molecule has 1 saturated carbocycles. The van der Waals surface area contributed by atoms with Crippen molar-refractivity contribution in [2.75, 3.05) is 6.54 Å². The largest absolute Gasteiger partial charge is 0.506 e. The van der Waals surface area contributed by atoms with Crippen LogP contribution in [0.1, 0.15) is 42.4 Å². The van der Waals surface area contributed by atoms with Crippen LogP contribution in [0, 0.1) is 13.8 Å². The van der Waals surface area contributed by atoms with Gasteiger partial charge in [-0.2, -0.15) is 0 Å². The minimum atomic E-state index is -0.0656. The molecule has 0 amide bonds. The Morgan fingerprint density at radius 3 is 2.47 bits per heavy atom. The highest BCUT2D eigenvalue weighted by Crippen LogP contribution is 2.47. The van der Waals surface area contributed by atoms with Crippen LogP contribution in [0.25, 0.3) is 0 Å². The van der Waals surface area contributed by atoms with Gasteiger partial charge in [0.25, 0.3) is 0 Å². The third-order valence-corrected chi connectivity index (χ3v) is 4.54. The number of phenolic OH excluding ortho intramolecular Hbond substituents is 1. The third kappa shape index (κ3) is 1.94. The maximum absolute atomic E-state index is 10.3. The van der Waals surface area contributed by atoms with Crippen molar-refractivity contribution >= 4 is 11.6 Å². The highest BCUT2D eigenvalue weighted by Gasteiger charge is 2.38. The maximum Gasteiger partial charge on any atom is 0.138 e. The summed E-state index contributed by atoms with van der Waals surface area (Å²) in [6.07, 6.45) is 4.47. The molecule has 2 rings (SSSR count). The predicted octanol–water partition coefficient (Wildman–Crippen LogP) is 3.43. The fraction of sp³-hybridized carbons (Fsp3) is 0.571. The van der Waals surface area contributed by atoms with Crippen molar-refractivity contribution in [3.05, 3.63) is 27.8 Å². The zero-order valence-corrected chi connectivity index (χ0v) is 11.3. The zero-order valence-electron chi connectivity index (χ0n) is 10.5. The smallest absolute Gasteiger partial charge is 0.138 e. The number of benzene rings is 1. The van der Waals surface area contributed by atoms with Crippen LogP contribution in [0.5, 0.6) is 5.75 Å². The second kappa shape index (κ2) is 4.51. The minimum absolute atomic E-state index is 0.0656. The van der Waals surface area contributed by atoms with Gasteiger partial charge < -0.3 is 10.8 Å². The van der Waals surface area contributed by atoms with Crippen molar-refractivity contribution < 1.29 is 5.11 Å². The Labute approximate surface area is 108 Å². The van der Waals surface area contributed by atoms with Gasteiger partial charge in [-0.15, -0.1) is 0 Å². The van der Waals surface area contributed by atoms with Crippen molar-refractivity contribution in [3.8, 4) is 5.75 Å². The van der Waals surface area contributed by atoms with E-state index in [9.17, 15) is 5.11 Å². The Hall–Kier alpha value is -0.730. The molecule has 94 valence electrons. The van der Waals surface area contributed by atoms with E-state index in [-0.39, 0.29) is 11.2 Å². The Balaban J connectivity index is 2.65. The highest BCUT2D eigenvalue weighted by molar-refractivity contribution is 6.32. The lowest BCUT2D eigenvalue weighted by Crippen LogP contribution is -2.33. The number of nitrogens with two attached hydrogens (primary N) is 1. The number of hydrogen-bond acceptors (Lipinski definition) is 2. The highest BCUT2D eigenvalue weighted by atomic mass is 35.5. The van der Waals surface area contributed by atoms with E-state index in [1.165, 1.54) is 12.8 Å². The summed E-state index contributed by atoms with van der Waals surface area (Å²) in [6, 6.07) is 1.83. The van der Waals surface area contributed by atoms with Crippen molar-refractivity contribution in [2.45, 2.75) is 44.9 Å². The van der Waals surface area contributed by atoms with Crippen LogP contribution in [-0.2, 0) is 5.41 Å². The molecule has 0 aromatic heterocycles. The summed E-state index contributed by atoms with van der Waals surface area (Å²) in [5, 5.41) is 10.7. The second-order valence-electron chi connectivity index (χ2n) is 5.22. The summed E-state index contributed by atoms with van der Waals surface area (Å²) >= 11 is 6.10. The van der Waals surface area contributed by atoms with E-state index in [1.807, 2.05) is 13.0 Å². The van der Waals surface area contributed by atoms with Gasteiger partial charge in [0, 0.05) is 17.5 Å².